The highest BCUT2D eigenvalue weighted by Crippen LogP contribution is 2.62. The van der Waals surface area contributed by atoms with Gasteiger partial charge in [-0.05, 0) is 43.5 Å². The smallest absolute Gasteiger partial charge is 0.228 e. The number of amides is 1. The topological polar surface area (TPSA) is 72.7 Å². The van der Waals surface area contributed by atoms with E-state index in [-0.39, 0.29) is 29.2 Å². The third-order valence-electron chi connectivity index (χ3n) is 6.43. The maximum absolute atomic E-state index is 13.1. The van der Waals surface area contributed by atoms with Crippen LogP contribution in [0.3, 0.4) is 0 Å². The zero-order chi connectivity index (χ0) is 18.8. The Labute approximate surface area is 156 Å². The molecule has 2 aliphatic heterocycles. The van der Waals surface area contributed by atoms with Crippen molar-refractivity contribution in [3.8, 4) is 11.5 Å². The highest BCUT2D eigenvalue weighted by molar-refractivity contribution is 6.00. The molecule has 0 N–H and O–H groups in total. The van der Waals surface area contributed by atoms with Crippen LogP contribution in [-0.2, 0) is 10.3 Å². The molecule has 1 amide bonds. The van der Waals surface area contributed by atoms with E-state index >= 15 is 0 Å². The van der Waals surface area contributed by atoms with Crippen LogP contribution in [0.1, 0.15) is 30.4 Å². The molecule has 0 aromatic heterocycles. The van der Waals surface area contributed by atoms with Gasteiger partial charge >= 0.3 is 0 Å². The molecule has 0 bridgehead atoms. The molecule has 2 heterocycles. The number of ether oxygens (including phenoxy) is 1. The Morgan fingerprint density at radius 3 is 2.89 bits per heavy atom. The molecule has 1 spiro atoms. The van der Waals surface area contributed by atoms with E-state index in [9.17, 15) is 14.9 Å². The minimum absolute atomic E-state index is 0.0255. The molecule has 1 saturated heterocycles. The van der Waals surface area contributed by atoms with Gasteiger partial charge in [-0.15, -0.1) is 0 Å². The normalized spacial score (nSPS) is 27.9. The van der Waals surface area contributed by atoms with Gasteiger partial charge in [0.1, 0.15) is 5.75 Å². The molecular weight excluding hydrogens is 344 g/mol. The average Bonchev–Trinajstić information content (AvgIpc) is 3.05. The van der Waals surface area contributed by atoms with Crippen molar-refractivity contribution in [2.24, 2.45) is 11.8 Å². The first-order valence-electron chi connectivity index (χ1n) is 9.33. The minimum Gasteiger partial charge on any atom is -0.455 e. The molecule has 2 fully saturated rings. The van der Waals surface area contributed by atoms with Crippen LogP contribution < -0.4 is 9.64 Å². The van der Waals surface area contributed by atoms with E-state index < -0.39 is 5.54 Å². The van der Waals surface area contributed by atoms with Gasteiger partial charge in [0.25, 0.3) is 0 Å². The number of nitro groups is 1. The molecule has 1 aliphatic carbocycles. The number of anilines is 1. The summed E-state index contributed by atoms with van der Waals surface area (Å²) >= 11 is 0. The lowest BCUT2D eigenvalue weighted by atomic mass is 9.77. The molecule has 3 aliphatic rings. The predicted molar refractivity (Wildman–Crippen MR) is 99.6 cm³/mol. The first kappa shape index (κ1) is 16.3. The van der Waals surface area contributed by atoms with Crippen molar-refractivity contribution in [1.29, 1.82) is 0 Å². The maximum Gasteiger partial charge on any atom is 0.228 e. The molecule has 138 valence electrons. The molecule has 3 atom stereocenters. The van der Waals surface area contributed by atoms with Crippen molar-refractivity contribution in [1.82, 2.24) is 0 Å². The Bertz CT molecular complexity index is 972. The maximum atomic E-state index is 13.1. The van der Waals surface area contributed by atoms with Crippen molar-refractivity contribution in [3.63, 3.8) is 0 Å². The summed E-state index contributed by atoms with van der Waals surface area (Å²) in [4.78, 5) is 26.0. The molecule has 5 rings (SSSR count). The summed E-state index contributed by atoms with van der Waals surface area (Å²) < 4.78 is 6.26. The minimum atomic E-state index is -0.562. The monoisotopic (exact) mass is 364 g/mol. The van der Waals surface area contributed by atoms with E-state index in [0.717, 1.165) is 35.4 Å². The van der Waals surface area contributed by atoms with Gasteiger partial charge < -0.3 is 4.74 Å². The quantitative estimate of drug-likeness (QED) is 0.596. The highest BCUT2D eigenvalue weighted by Gasteiger charge is 2.63. The summed E-state index contributed by atoms with van der Waals surface area (Å²) in [5.74, 6) is 1.26. The van der Waals surface area contributed by atoms with Crippen LogP contribution in [0.4, 0.5) is 5.69 Å². The lowest BCUT2D eigenvalue weighted by Gasteiger charge is -2.38. The first-order chi connectivity index (χ1) is 13.0. The number of aryl methyl sites for hydroxylation is 1. The van der Waals surface area contributed by atoms with Crippen molar-refractivity contribution >= 4 is 11.6 Å². The van der Waals surface area contributed by atoms with Gasteiger partial charge in [0.05, 0.1) is 11.2 Å². The zero-order valence-electron chi connectivity index (χ0n) is 15.1. The third kappa shape index (κ3) is 2.16. The van der Waals surface area contributed by atoms with Crippen molar-refractivity contribution in [2.75, 3.05) is 11.4 Å². The zero-order valence-corrected chi connectivity index (χ0v) is 15.1. The van der Waals surface area contributed by atoms with Gasteiger partial charge in [0.15, 0.2) is 5.75 Å². The van der Waals surface area contributed by atoms with Crippen LogP contribution in [0, 0.1) is 28.9 Å². The molecule has 6 nitrogen and oxygen atoms in total. The van der Waals surface area contributed by atoms with Crippen LogP contribution >= 0.6 is 0 Å². The number of carbonyl (C=O) groups is 1. The van der Waals surface area contributed by atoms with E-state index in [0.29, 0.717) is 12.2 Å². The Morgan fingerprint density at radius 2 is 2.07 bits per heavy atom. The summed E-state index contributed by atoms with van der Waals surface area (Å²) in [7, 11) is 0. The Balaban J connectivity index is 1.77. The van der Waals surface area contributed by atoms with E-state index in [4.69, 9.17) is 4.74 Å². The summed E-state index contributed by atoms with van der Waals surface area (Å²) in [5.41, 5.74) is 2.26. The number of hydrogen-bond acceptors (Lipinski definition) is 4. The second kappa shape index (κ2) is 5.55. The first-order valence-corrected chi connectivity index (χ1v) is 9.33. The fourth-order valence-electron chi connectivity index (χ4n) is 5.43. The molecule has 2 aromatic rings. The van der Waals surface area contributed by atoms with Crippen LogP contribution in [0.25, 0.3) is 0 Å². The van der Waals surface area contributed by atoms with Gasteiger partial charge in [-0.1, -0.05) is 24.3 Å². The van der Waals surface area contributed by atoms with Gasteiger partial charge in [-0.25, -0.2) is 0 Å². The lowest BCUT2D eigenvalue weighted by molar-refractivity contribution is -0.489. The summed E-state index contributed by atoms with van der Waals surface area (Å²) in [6.45, 7) is 1.93. The van der Waals surface area contributed by atoms with Crippen LogP contribution in [0.15, 0.2) is 42.5 Å². The number of carbonyl (C=O) groups excluding carboxylic acids is 1. The fraction of sp³-hybridized carbons (Fsp3) is 0.381. The number of para-hydroxylation sites is 2. The summed E-state index contributed by atoms with van der Waals surface area (Å²) in [5, 5.41) is 11.2. The number of fused-ring (bicyclic) bond motifs is 3. The largest absolute Gasteiger partial charge is 0.455 e. The van der Waals surface area contributed by atoms with E-state index in [2.05, 4.69) is 0 Å². The molecule has 2 aromatic carbocycles. The van der Waals surface area contributed by atoms with E-state index in [1.165, 1.54) is 0 Å². The molecule has 1 saturated carbocycles. The van der Waals surface area contributed by atoms with Gasteiger partial charge in [0.2, 0.25) is 12.5 Å². The highest BCUT2D eigenvalue weighted by atomic mass is 16.6. The van der Waals surface area contributed by atoms with Gasteiger partial charge in [-0.3, -0.25) is 19.8 Å². The lowest BCUT2D eigenvalue weighted by Crippen LogP contribution is -2.45. The van der Waals surface area contributed by atoms with Crippen LogP contribution in [0.2, 0.25) is 0 Å². The molecule has 27 heavy (non-hydrogen) atoms. The van der Waals surface area contributed by atoms with Crippen molar-refractivity contribution < 1.29 is 14.5 Å². The number of rotatable bonds is 2. The van der Waals surface area contributed by atoms with Crippen molar-refractivity contribution in [3.05, 3.63) is 63.7 Å². The SMILES string of the molecule is Cc1ccc2c(c1)Oc1ccccc1N1C(=O)C[C@H]3[C@H](C[N+](=O)[O-])CC[C@]231. The number of benzene rings is 2. The van der Waals surface area contributed by atoms with Crippen molar-refractivity contribution in [2.45, 2.75) is 31.7 Å². The molecule has 6 heteroatoms. The van der Waals surface area contributed by atoms with Gasteiger partial charge in [0, 0.05) is 28.7 Å². The van der Waals surface area contributed by atoms with E-state index in [1.54, 1.807) is 0 Å². The summed E-state index contributed by atoms with van der Waals surface area (Å²) in [6.07, 6.45) is 1.81. The second-order valence-electron chi connectivity index (χ2n) is 7.85. The second-order valence-corrected chi connectivity index (χ2v) is 7.85. The number of hydrogen-bond donors (Lipinski definition) is 0. The Hall–Kier alpha value is -2.89. The third-order valence-corrected chi connectivity index (χ3v) is 6.43. The fourth-order valence-corrected chi connectivity index (χ4v) is 5.43. The standard InChI is InChI=1S/C21H20N2O4/c1-13-6-7-15-19(10-13)27-18-5-3-2-4-17(18)23-20(24)11-16-14(12-22(25)26)8-9-21(15,16)23/h2-7,10,14,16H,8-9,11-12H2,1H3/t14-,16-,21-/m0/s1. The van der Waals surface area contributed by atoms with Gasteiger partial charge in [-0.2, -0.15) is 0 Å². The molecular formula is C21H20N2O4. The predicted octanol–water partition coefficient (Wildman–Crippen LogP) is 4.04. The number of nitrogens with zero attached hydrogens (tertiary/aromatic N) is 2. The Morgan fingerprint density at radius 1 is 1.26 bits per heavy atom. The molecule has 0 unspecified atom stereocenters. The van der Waals surface area contributed by atoms with Crippen LogP contribution in [0.5, 0.6) is 11.5 Å². The van der Waals surface area contributed by atoms with Crippen LogP contribution in [-0.4, -0.2) is 17.4 Å². The Kier molecular flexibility index (Phi) is 3.35. The average molecular weight is 364 g/mol. The molecule has 0 radical (unpaired) electrons. The van der Waals surface area contributed by atoms with E-state index in [1.807, 2.05) is 54.3 Å². The summed E-state index contributed by atoms with van der Waals surface area (Å²) in [6, 6.07) is 13.7.